The highest BCUT2D eigenvalue weighted by Crippen LogP contribution is 2.21. The van der Waals surface area contributed by atoms with Crippen LogP contribution in [0.25, 0.3) is 0 Å². The second kappa shape index (κ2) is 7.43. The molecule has 0 fully saturated rings. The van der Waals surface area contributed by atoms with Crippen molar-refractivity contribution in [2.45, 2.75) is 0 Å². The summed E-state index contributed by atoms with van der Waals surface area (Å²) < 4.78 is 10.1. The summed E-state index contributed by atoms with van der Waals surface area (Å²) in [6.45, 7) is 5.04. The summed E-state index contributed by atoms with van der Waals surface area (Å²) in [5, 5.41) is 0. The summed E-state index contributed by atoms with van der Waals surface area (Å²) in [4.78, 5) is 14.0. The fourth-order valence-corrected chi connectivity index (χ4v) is 1.65. The number of nitrogens with two attached hydrogens (primary N) is 1. The van der Waals surface area contributed by atoms with E-state index in [0.717, 1.165) is 0 Å². The number of hydrogen-bond acceptors (Lipinski definition) is 4. The van der Waals surface area contributed by atoms with Gasteiger partial charge in [0.2, 0.25) is 0 Å². The summed E-state index contributed by atoms with van der Waals surface area (Å²) in [5.41, 5.74) is 6.70. The van der Waals surface area contributed by atoms with Crippen molar-refractivity contribution in [2.24, 2.45) is 0 Å². The minimum atomic E-state index is -0.159. The van der Waals surface area contributed by atoms with Gasteiger partial charge in [-0.2, -0.15) is 0 Å². The van der Waals surface area contributed by atoms with Crippen LogP contribution in [0.2, 0.25) is 0 Å². The molecule has 5 nitrogen and oxygen atoms in total. The molecule has 2 N–H and O–H groups in total. The smallest absolute Gasteiger partial charge is 0.256 e. The maximum Gasteiger partial charge on any atom is 0.256 e. The maximum atomic E-state index is 12.4. The van der Waals surface area contributed by atoms with Crippen LogP contribution in [0.3, 0.4) is 0 Å². The van der Waals surface area contributed by atoms with Crippen molar-refractivity contribution in [1.29, 1.82) is 0 Å². The molecule has 0 heterocycles. The molecule has 0 bridgehead atoms. The number of nitrogens with zero attached hydrogens (tertiary/aromatic N) is 1. The molecule has 1 amide bonds. The number of anilines is 1. The van der Waals surface area contributed by atoms with Crippen LogP contribution in [0.15, 0.2) is 30.9 Å². The molecular formula is C14H20N2O3. The largest absolute Gasteiger partial charge is 0.497 e. The quantitative estimate of drug-likeness (QED) is 0.599. The lowest BCUT2D eigenvalue weighted by atomic mass is 10.1. The predicted molar refractivity (Wildman–Crippen MR) is 75.4 cm³/mol. The Hall–Kier alpha value is -2.01. The van der Waals surface area contributed by atoms with Gasteiger partial charge in [-0.15, -0.1) is 6.58 Å². The second-order valence-electron chi connectivity index (χ2n) is 3.99. The Morgan fingerprint density at radius 2 is 2.21 bits per heavy atom. The van der Waals surface area contributed by atoms with Crippen molar-refractivity contribution in [3.63, 3.8) is 0 Å². The highest BCUT2D eigenvalue weighted by atomic mass is 16.5. The van der Waals surface area contributed by atoms with Gasteiger partial charge in [0, 0.05) is 25.9 Å². The summed E-state index contributed by atoms with van der Waals surface area (Å²) in [6, 6.07) is 5.02. The van der Waals surface area contributed by atoms with Crippen molar-refractivity contribution in [3.05, 3.63) is 36.4 Å². The van der Waals surface area contributed by atoms with Crippen LogP contribution < -0.4 is 10.5 Å². The lowest BCUT2D eigenvalue weighted by Crippen LogP contribution is -2.34. The first kappa shape index (κ1) is 15.0. The van der Waals surface area contributed by atoms with E-state index in [1.165, 1.54) is 0 Å². The molecule has 1 rings (SSSR count). The van der Waals surface area contributed by atoms with E-state index in [1.54, 1.807) is 43.4 Å². The zero-order chi connectivity index (χ0) is 14.3. The fourth-order valence-electron chi connectivity index (χ4n) is 1.65. The van der Waals surface area contributed by atoms with E-state index in [2.05, 4.69) is 6.58 Å². The summed E-state index contributed by atoms with van der Waals surface area (Å²) in [5.74, 6) is 0.441. The van der Waals surface area contributed by atoms with E-state index in [0.29, 0.717) is 36.7 Å². The SMILES string of the molecule is C=CCN(CCOC)C(=O)c1cc(OC)ccc1N. The Bertz CT molecular complexity index is 446. The number of ether oxygens (including phenoxy) is 2. The first-order chi connectivity index (χ1) is 9.13. The Kier molecular flexibility index (Phi) is 5.89. The maximum absolute atomic E-state index is 12.4. The van der Waals surface area contributed by atoms with Gasteiger partial charge >= 0.3 is 0 Å². The zero-order valence-corrected chi connectivity index (χ0v) is 11.4. The van der Waals surface area contributed by atoms with Crippen LogP contribution >= 0.6 is 0 Å². The van der Waals surface area contributed by atoms with Gasteiger partial charge in [0.05, 0.1) is 19.3 Å². The molecule has 0 aliphatic carbocycles. The summed E-state index contributed by atoms with van der Waals surface area (Å²) in [7, 11) is 3.14. The number of benzene rings is 1. The van der Waals surface area contributed by atoms with E-state index < -0.39 is 0 Å². The third-order valence-electron chi connectivity index (χ3n) is 2.69. The highest BCUT2D eigenvalue weighted by Gasteiger charge is 2.17. The lowest BCUT2D eigenvalue weighted by Gasteiger charge is -2.21. The first-order valence-electron chi connectivity index (χ1n) is 5.96. The third kappa shape index (κ3) is 3.99. The van der Waals surface area contributed by atoms with Crippen LogP contribution in [-0.4, -0.2) is 44.7 Å². The normalized spacial score (nSPS) is 10.0. The predicted octanol–water partition coefficient (Wildman–Crippen LogP) is 1.55. The molecule has 1 aromatic rings. The molecule has 0 aliphatic rings. The molecule has 0 atom stereocenters. The standard InChI is InChI=1S/C14H20N2O3/c1-4-7-16(8-9-18-2)14(17)12-10-11(19-3)5-6-13(12)15/h4-6,10H,1,7-9,15H2,2-3H3. The molecule has 19 heavy (non-hydrogen) atoms. The number of amides is 1. The third-order valence-corrected chi connectivity index (χ3v) is 2.69. The minimum Gasteiger partial charge on any atom is -0.497 e. The molecule has 0 aliphatic heterocycles. The Labute approximate surface area is 113 Å². The summed E-state index contributed by atoms with van der Waals surface area (Å²) in [6.07, 6.45) is 1.67. The van der Waals surface area contributed by atoms with Gasteiger partial charge in [0.15, 0.2) is 0 Å². The first-order valence-corrected chi connectivity index (χ1v) is 5.96. The average molecular weight is 264 g/mol. The number of methoxy groups -OCH3 is 2. The Balaban J connectivity index is 2.97. The van der Waals surface area contributed by atoms with Crippen molar-refractivity contribution < 1.29 is 14.3 Å². The average Bonchev–Trinajstić information content (AvgIpc) is 2.43. The van der Waals surface area contributed by atoms with E-state index >= 15 is 0 Å². The zero-order valence-electron chi connectivity index (χ0n) is 11.4. The molecule has 0 unspecified atom stereocenters. The van der Waals surface area contributed by atoms with Crippen LogP contribution in [0.4, 0.5) is 5.69 Å². The molecule has 104 valence electrons. The van der Waals surface area contributed by atoms with Gasteiger partial charge in [0.1, 0.15) is 5.75 Å². The van der Waals surface area contributed by atoms with E-state index in [4.69, 9.17) is 15.2 Å². The monoisotopic (exact) mass is 264 g/mol. The van der Waals surface area contributed by atoms with Crippen LogP contribution in [0.1, 0.15) is 10.4 Å². The molecule has 5 heteroatoms. The number of carbonyl (C=O) groups excluding carboxylic acids is 1. The van der Waals surface area contributed by atoms with Crippen molar-refractivity contribution in [2.75, 3.05) is 39.6 Å². The number of carbonyl (C=O) groups is 1. The van der Waals surface area contributed by atoms with Crippen molar-refractivity contribution in [3.8, 4) is 5.75 Å². The minimum absolute atomic E-state index is 0.159. The van der Waals surface area contributed by atoms with Gasteiger partial charge in [0.25, 0.3) is 5.91 Å². The van der Waals surface area contributed by atoms with Crippen molar-refractivity contribution in [1.82, 2.24) is 4.90 Å². The topological polar surface area (TPSA) is 64.8 Å². The van der Waals surface area contributed by atoms with Gasteiger partial charge in [-0.25, -0.2) is 0 Å². The molecule has 0 saturated carbocycles. The fraction of sp³-hybridized carbons (Fsp3) is 0.357. The van der Waals surface area contributed by atoms with Gasteiger partial charge in [-0.05, 0) is 18.2 Å². The molecule has 0 radical (unpaired) electrons. The van der Waals surface area contributed by atoms with Crippen molar-refractivity contribution >= 4 is 11.6 Å². The molecule has 0 aromatic heterocycles. The van der Waals surface area contributed by atoms with E-state index in [1.807, 2.05) is 0 Å². The Morgan fingerprint density at radius 3 is 2.79 bits per heavy atom. The van der Waals surface area contributed by atoms with Gasteiger partial charge in [-0.1, -0.05) is 6.08 Å². The number of hydrogen-bond donors (Lipinski definition) is 1. The van der Waals surface area contributed by atoms with Gasteiger partial charge in [-0.3, -0.25) is 4.79 Å². The number of rotatable bonds is 7. The molecule has 1 aromatic carbocycles. The molecule has 0 spiro atoms. The lowest BCUT2D eigenvalue weighted by molar-refractivity contribution is 0.0719. The Morgan fingerprint density at radius 1 is 1.47 bits per heavy atom. The molecular weight excluding hydrogens is 244 g/mol. The van der Waals surface area contributed by atoms with Gasteiger partial charge < -0.3 is 20.1 Å². The second-order valence-corrected chi connectivity index (χ2v) is 3.99. The molecule has 0 saturated heterocycles. The highest BCUT2D eigenvalue weighted by molar-refractivity contribution is 5.99. The van der Waals surface area contributed by atoms with Crippen LogP contribution in [-0.2, 0) is 4.74 Å². The van der Waals surface area contributed by atoms with Crippen LogP contribution in [0.5, 0.6) is 5.75 Å². The number of nitrogen functional groups attached to an aromatic ring is 1. The van der Waals surface area contributed by atoms with Crippen LogP contribution in [0, 0.1) is 0 Å². The van der Waals surface area contributed by atoms with E-state index in [9.17, 15) is 4.79 Å². The summed E-state index contributed by atoms with van der Waals surface area (Å²) >= 11 is 0. The van der Waals surface area contributed by atoms with E-state index in [-0.39, 0.29) is 5.91 Å².